The fourth-order valence-corrected chi connectivity index (χ4v) is 4.19. The highest BCUT2D eigenvalue weighted by Gasteiger charge is 2.39. The van der Waals surface area contributed by atoms with Crippen LogP contribution in [-0.2, 0) is 0 Å². The van der Waals surface area contributed by atoms with Gasteiger partial charge >= 0.3 is 5.97 Å². The van der Waals surface area contributed by atoms with E-state index < -0.39 is 5.97 Å². The zero-order chi connectivity index (χ0) is 14.3. The van der Waals surface area contributed by atoms with Crippen molar-refractivity contribution >= 4 is 11.7 Å². The number of carboxylic acid groups (broad SMARTS) is 1. The van der Waals surface area contributed by atoms with Crippen LogP contribution in [0.4, 0.5) is 5.69 Å². The topological polar surface area (TPSA) is 40.5 Å². The third kappa shape index (κ3) is 2.41. The van der Waals surface area contributed by atoms with Gasteiger partial charge < -0.3 is 10.0 Å². The normalized spacial score (nSPS) is 27.8. The van der Waals surface area contributed by atoms with Crippen molar-refractivity contribution in [2.75, 3.05) is 18.5 Å². The third-order valence-corrected chi connectivity index (χ3v) is 5.19. The number of carbonyl (C=O) groups is 1. The molecule has 1 aromatic carbocycles. The highest BCUT2D eigenvalue weighted by atomic mass is 16.4. The van der Waals surface area contributed by atoms with E-state index in [-0.39, 0.29) is 0 Å². The Bertz CT molecular complexity index is 526. The second-order valence-electron chi connectivity index (χ2n) is 6.64. The average molecular weight is 273 g/mol. The van der Waals surface area contributed by atoms with E-state index in [4.69, 9.17) is 0 Å². The largest absolute Gasteiger partial charge is 0.478 e. The summed E-state index contributed by atoms with van der Waals surface area (Å²) in [4.78, 5) is 13.5. The summed E-state index contributed by atoms with van der Waals surface area (Å²) in [6.45, 7) is 3.01. The summed E-state index contributed by atoms with van der Waals surface area (Å²) in [6.07, 6.45) is 5.53. The number of carboxylic acids is 1. The van der Waals surface area contributed by atoms with E-state index in [1.807, 2.05) is 26.1 Å². The van der Waals surface area contributed by atoms with Gasteiger partial charge in [-0.15, -0.1) is 0 Å². The molecular formula is C17H23NO2. The van der Waals surface area contributed by atoms with Gasteiger partial charge in [-0.3, -0.25) is 0 Å². The van der Waals surface area contributed by atoms with Crippen LogP contribution >= 0.6 is 0 Å². The molecule has 0 spiro atoms. The lowest BCUT2D eigenvalue weighted by Crippen LogP contribution is -2.29. The lowest BCUT2D eigenvalue weighted by molar-refractivity contribution is 0.0697. The van der Waals surface area contributed by atoms with E-state index in [1.54, 1.807) is 6.07 Å². The van der Waals surface area contributed by atoms with E-state index in [1.165, 1.54) is 25.7 Å². The Morgan fingerprint density at radius 2 is 2.15 bits per heavy atom. The second-order valence-corrected chi connectivity index (χ2v) is 6.64. The van der Waals surface area contributed by atoms with Gasteiger partial charge in [0.1, 0.15) is 0 Å². The minimum absolute atomic E-state index is 0.418. The molecule has 1 aromatic rings. The molecule has 3 atom stereocenters. The number of aromatic carboxylic acids is 1. The van der Waals surface area contributed by atoms with Gasteiger partial charge in [0.05, 0.1) is 11.3 Å². The van der Waals surface area contributed by atoms with Crippen molar-refractivity contribution in [1.82, 2.24) is 0 Å². The van der Waals surface area contributed by atoms with Gasteiger partial charge in [-0.25, -0.2) is 4.79 Å². The molecule has 2 fully saturated rings. The zero-order valence-corrected chi connectivity index (χ0v) is 12.3. The van der Waals surface area contributed by atoms with E-state index in [2.05, 4.69) is 4.90 Å². The summed E-state index contributed by atoms with van der Waals surface area (Å²) >= 11 is 0. The van der Waals surface area contributed by atoms with Crippen molar-refractivity contribution in [2.24, 2.45) is 17.8 Å². The van der Waals surface area contributed by atoms with E-state index in [9.17, 15) is 9.90 Å². The van der Waals surface area contributed by atoms with E-state index in [0.717, 1.165) is 35.5 Å². The summed E-state index contributed by atoms with van der Waals surface area (Å²) in [6, 6.07) is 5.60. The molecule has 3 heteroatoms. The first-order chi connectivity index (χ1) is 9.54. The lowest BCUT2D eigenvalue weighted by Gasteiger charge is -2.29. The number of fused-ring (bicyclic) bond motifs is 2. The molecule has 3 rings (SSSR count). The van der Waals surface area contributed by atoms with Crippen LogP contribution in [0.1, 0.15) is 41.6 Å². The summed E-state index contributed by atoms with van der Waals surface area (Å²) in [5.74, 6) is 1.73. The van der Waals surface area contributed by atoms with E-state index >= 15 is 0 Å². The van der Waals surface area contributed by atoms with Crippen molar-refractivity contribution in [2.45, 2.75) is 32.6 Å². The Labute approximate surface area is 120 Å². The molecule has 2 aliphatic carbocycles. The number of rotatable bonds is 4. The van der Waals surface area contributed by atoms with Crippen molar-refractivity contribution in [3.05, 3.63) is 29.3 Å². The standard InChI is InChI=1S/C17H23NO2/c1-11-3-6-15(17(19)20)16(7-11)18(2)10-14-9-12-4-5-13(14)8-12/h3,6-7,12-14H,4-5,8-10H2,1-2H3,(H,19,20). The van der Waals surface area contributed by atoms with Crippen molar-refractivity contribution < 1.29 is 9.90 Å². The fourth-order valence-electron chi connectivity index (χ4n) is 4.19. The summed E-state index contributed by atoms with van der Waals surface area (Å²) in [5.41, 5.74) is 2.39. The Morgan fingerprint density at radius 1 is 1.35 bits per heavy atom. The number of aryl methyl sites for hydroxylation is 1. The number of nitrogens with zero attached hydrogens (tertiary/aromatic N) is 1. The van der Waals surface area contributed by atoms with Crippen LogP contribution < -0.4 is 4.90 Å². The number of anilines is 1. The molecule has 0 amide bonds. The molecule has 0 heterocycles. The molecule has 2 aliphatic rings. The molecule has 0 saturated heterocycles. The Balaban J connectivity index is 1.78. The maximum Gasteiger partial charge on any atom is 0.337 e. The summed E-state index contributed by atoms with van der Waals surface area (Å²) < 4.78 is 0. The maximum absolute atomic E-state index is 11.4. The van der Waals surface area contributed by atoms with Crippen LogP contribution in [0.5, 0.6) is 0 Å². The summed E-state index contributed by atoms with van der Waals surface area (Å²) in [5, 5.41) is 9.34. The Kier molecular flexibility index (Phi) is 3.45. The highest BCUT2D eigenvalue weighted by Crippen LogP contribution is 2.48. The van der Waals surface area contributed by atoms with Gasteiger partial charge in [0.15, 0.2) is 0 Å². The highest BCUT2D eigenvalue weighted by molar-refractivity contribution is 5.94. The van der Waals surface area contributed by atoms with Crippen LogP contribution in [-0.4, -0.2) is 24.7 Å². The molecule has 1 N–H and O–H groups in total. The number of hydrogen-bond donors (Lipinski definition) is 1. The molecule has 0 radical (unpaired) electrons. The first-order valence-electron chi connectivity index (χ1n) is 7.59. The Hall–Kier alpha value is -1.51. The van der Waals surface area contributed by atoms with E-state index in [0.29, 0.717) is 5.56 Å². The predicted octanol–water partition coefficient (Wildman–Crippen LogP) is 3.57. The predicted molar refractivity (Wildman–Crippen MR) is 80.3 cm³/mol. The minimum atomic E-state index is -0.834. The number of benzene rings is 1. The van der Waals surface area contributed by atoms with Gasteiger partial charge in [-0.2, -0.15) is 0 Å². The molecular weight excluding hydrogens is 250 g/mol. The first-order valence-corrected chi connectivity index (χ1v) is 7.59. The fraction of sp³-hybridized carbons (Fsp3) is 0.588. The average Bonchev–Trinajstić information content (AvgIpc) is 3.00. The second kappa shape index (κ2) is 5.12. The number of hydrogen-bond acceptors (Lipinski definition) is 2. The Morgan fingerprint density at radius 3 is 2.75 bits per heavy atom. The SMILES string of the molecule is Cc1ccc(C(=O)O)c(N(C)CC2CC3CCC2C3)c1. The van der Waals surface area contributed by atoms with Crippen LogP contribution in [0.25, 0.3) is 0 Å². The molecule has 0 aliphatic heterocycles. The van der Waals surface area contributed by atoms with Crippen LogP contribution in [0.3, 0.4) is 0 Å². The lowest BCUT2D eigenvalue weighted by atomic mass is 9.88. The minimum Gasteiger partial charge on any atom is -0.478 e. The molecule has 108 valence electrons. The molecule has 2 saturated carbocycles. The third-order valence-electron chi connectivity index (χ3n) is 5.19. The molecule has 0 aromatic heterocycles. The summed E-state index contributed by atoms with van der Waals surface area (Å²) in [7, 11) is 2.03. The molecule has 3 unspecified atom stereocenters. The van der Waals surface area contributed by atoms with Crippen LogP contribution in [0.15, 0.2) is 18.2 Å². The van der Waals surface area contributed by atoms with Crippen molar-refractivity contribution in [1.29, 1.82) is 0 Å². The van der Waals surface area contributed by atoms with Gasteiger partial charge in [-0.05, 0) is 61.6 Å². The molecule has 3 nitrogen and oxygen atoms in total. The zero-order valence-electron chi connectivity index (χ0n) is 12.3. The van der Waals surface area contributed by atoms with Crippen LogP contribution in [0, 0.1) is 24.7 Å². The monoisotopic (exact) mass is 273 g/mol. The van der Waals surface area contributed by atoms with Crippen LogP contribution in [0.2, 0.25) is 0 Å². The maximum atomic E-state index is 11.4. The smallest absolute Gasteiger partial charge is 0.337 e. The van der Waals surface area contributed by atoms with Gasteiger partial charge in [-0.1, -0.05) is 12.5 Å². The van der Waals surface area contributed by atoms with Gasteiger partial charge in [0.2, 0.25) is 0 Å². The van der Waals surface area contributed by atoms with Crippen molar-refractivity contribution in [3.8, 4) is 0 Å². The molecule has 2 bridgehead atoms. The van der Waals surface area contributed by atoms with Crippen molar-refractivity contribution in [3.63, 3.8) is 0 Å². The first kappa shape index (κ1) is 13.5. The molecule has 20 heavy (non-hydrogen) atoms. The quantitative estimate of drug-likeness (QED) is 0.911. The van der Waals surface area contributed by atoms with Gasteiger partial charge in [0.25, 0.3) is 0 Å². The van der Waals surface area contributed by atoms with Gasteiger partial charge in [0, 0.05) is 13.6 Å².